The molecule has 0 saturated heterocycles. The van der Waals surface area contributed by atoms with Crippen LogP contribution in [0.3, 0.4) is 0 Å². The van der Waals surface area contributed by atoms with Gasteiger partial charge in [-0.05, 0) is 66.6 Å². The number of rotatable bonds is 16. The van der Waals surface area contributed by atoms with Gasteiger partial charge in [0.2, 0.25) is 17.7 Å². The molecular weight excluding hydrogens is 614 g/mol. The second-order valence-electron chi connectivity index (χ2n) is 12.4. The summed E-state index contributed by atoms with van der Waals surface area (Å²) in [5.74, 6) is -3.63. The van der Waals surface area contributed by atoms with Crippen LogP contribution < -0.4 is 11.1 Å². The van der Waals surface area contributed by atoms with E-state index in [0.717, 1.165) is 41.7 Å². The summed E-state index contributed by atoms with van der Waals surface area (Å²) in [6.07, 6.45) is 4.26. The minimum Gasteiger partial charge on any atom is -0.392 e. The number of hydrogen-bond acceptors (Lipinski definition) is 5. The number of nitrogens with two attached hydrogens (primary N) is 1. The van der Waals surface area contributed by atoms with Crippen molar-refractivity contribution in [2.75, 3.05) is 20.6 Å². The van der Waals surface area contributed by atoms with Crippen LogP contribution in [-0.4, -0.2) is 77.0 Å². The minimum atomic E-state index is -1.16. The van der Waals surface area contributed by atoms with Gasteiger partial charge in [0.25, 0.3) is 0 Å². The van der Waals surface area contributed by atoms with E-state index in [-0.39, 0.29) is 19.4 Å². The van der Waals surface area contributed by atoms with Crippen molar-refractivity contribution >= 4 is 17.7 Å². The predicted octanol–water partition coefficient (Wildman–Crippen LogP) is 5.03. The van der Waals surface area contributed by atoms with Gasteiger partial charge < -0.3 is 26.0 Å². The second kappa shape index (κ2) is 17.7. The molecule has 0 unspecified atom stereocenters. The fraction of sp³-hybridized carbons (Fsp3) is 0.395. The van der Waals surface area contributed by atoms with Crippen LogP contribution in [-0.2, 0) is 27.2 Å². The molecule has 3 amide bonds. The summed E-state index contributed by atoms with van der Waals surface area (Å²) in [6, 6.07) is 18.6. The van der Waals surface area contributed by atoms with Gasteiger partial charge in [0.05, 0.1) is 6.10 Å². The highest BCUT2D eigenvalue weighted by Crippen LogP contribution is 2.22. The molecule has 0 aliphatic rings. The largest absolute Gasteiger partial charge is 0.392 e. The number of hydrogen-bond donors (Lipinski definition) is 3. The number of carbonyl (C=O) groups excluding carboxylic acids is 3. The maximum Gasteiger partial charge on any atom is 0.246 e. The number of benzene rings is 3. The number of likely N-dealkylation sites (N-methyl/N-ethyl adjacent to an activating group) is 2. The number of aliphatic hydroxyl groups is 1. The van der Waals surface area contributed by atoms with E-state index in [2.05, 4.69) is 5.32 Å². The molecule has 0 spiro atoms. The lowest BCUT2D eigenvalue weighted by atomic mass is 9.90. The molecule has 3 aromatic rings. The van der Waals surface area contributed by atoms with Gasteiger partial charge in [-0.15, -0.1) is 0 Å². The van der Waals surface area contributed by atoms with Gasteiger partial charge in [-0.1, -0.05) is 80.6 Å². The molecule has 3 atom stereocenters. The molecule has 8 nitrogen and oxygen atoms in total. The Hall–Kier alpha value is -4.41. The van der Waals surface area contributed by atoms with Crippen LogP contribution in [0.2, 0.25) is 0 Å². The van der Waals surface area contributed by atoms with Gasteiger partial charge in [0.15, 0.2) is 11.6 Å². The Morgan fingerprint density at radius 1 is 0.854 bits per heavy atom. The summed E-state index contributed by atoms with van der Waals surface area (Å²) in [6.45, 7) is 5.41. The van der Waals surface area contributed by atoms with Gasteiger partial charge in [-0.2, -0.15) is 0 Å². The number of aliphatic hydroxyl groups excluding tert-OH is 1. The third-order valence-electron chi connectivity index (χ3n) is 8.89. The fourth-order valence-corrected chi connectivity index (χ4v) is 5.33. The van der Waals surface area contributed by atoms with Crippen molar-refractivity contribution < 1.29 is 28.3 Å². The van der Waals surface area contributed by atoms with Crippen LogP contribution in [0, 0.1) is 11.6 Å². The van der Waals surface area contributed by atoms with E-state index in [0.29, 0.717) is 12.0 Å². The van der Waals surface area contributed by atoms with Crippen LogP contribution >= 0.6 is 0 Å². The maximum absolute atomic E-state index is 14.3. The highest BCUT2D eigenvalue weighted by molar-refractivity contribution is 5.95. The van der Waals surface area contributed by atoms with Crippen molar-refractivity contribution in [2.45, 2.75) is 76.6 Å². The standard InChI is InChI=1S/C38H48F2N4O4/c1-6-38(41,7-2)21-11-14-35(46)43(4)34(23-27-15-18-30(19-16-27)29-12-9-8-10-13-29)37(48)44(5)33(36(47)42-25-26(3)45)24-28-17-20-31(39)32(40)22-28/h8-20,22,26,33-34,45H,6-7,21,23-25,41H2,1-5H3,(H,42,47)/b14-11+/t26-,33-,34-/m1/s1. The second-order valence-corrected chi connectivity index (χ2v) is 12.4. The monoisotopic (exact) mass is 662 g/mol. The lowest BCUT2D eigenvalue weighted by Gasteiger charge is -2.34. The average molecular weight is 663 g/mol. The molecule has 258 valence electrons. The summed E-state index contributed by atoms with van der Waals surface area (Å²) < 4.78 is 27.8. The van der Waals surface area contributed by atoms with E-state index < -0.39 is 53.1 Å². The van der Waals surface area contributed by atoms with Gasteiger partial charge in [-0.3, -0.25) is 14.4 Å². The topological polar surface area (TPSA) is 116 Å². The van der Waals surface area contributed by atoms with Gasteiger partial charge in [0.1, 0.15) is 12.1 Å². The first kappa shape index (κ1) is 38.0. The van der Waals surface area contributed by atoms with Crippen LogP contribution in [0.5, 0.6) is 0 Å². The van der Waals surface area contributed by atoms with E-state index in [1.54, 1.807) is 6.08 Å². The van der Waals surface area contributed by atoms with Crippen LogP contribution in [0.4, 0.5) is 8.78 Å². The zero-order valence-electron chi connectivity index (χ0n) is 28.5. The number of nitrogens with one attached hydrogen (secondary N) is 1. The molecule has 0 aliphatic carbocycles. The van der Waals surface area contributed by atoms with Crippen molar-refractivity contribution in [3.8, 4) is 11.1 Å². The minimum absolute atomic E-state index is 0.0757. The lowest BCUT2D eigenvalue weighted by Crippen LogP contribution is -2.56. The Morgan fingerprint density at radius 3 is 2.02 bits per heavy atom. The molecular formula is C38H48F2N4O4. The Morgan fingerprint density at radius 2 is 1.44 bits per heavy atom. The first-order valence-corrected chi connectivity index (χ1v) is 16.3. The van der Waals surface area contributed by atoms with Crippen molar-refractivity contribution in [2.24, 2.45) is 5.73 Å². The fourth-order valence-electron chi connectivity index (χ4n) is 5.33. The summed E-state index contributed by atoms with van der Waals surface area (Å²) >= 11 is 0. The zero-order valence-corrected chi connectivity index (χ0v) is 28.5. The molecule has 0 fully saturated rings. The van der Waals surface area contributed by atoms with Crippen molar-refractivity contribution in [3.63, 3.8) is 0 Å². The van der Waals surface area contributed by atoms with Gasteiger partial charge >= 0.3 is 0 Å². The smallest absolute Gasteiger partial charge is 0.246 e. The highest BCUT2D eigenvalue weighted by atomic mass is 19.2. The molecule has 0 aromatic heterocycles. The summed E-state index contributed by atoms with van der Waals surface area (Å²) in [5.41, 5.74) is 9.08. The first-order chi connectivity index (χ1) is 22.8. The van der Waals surface area contributed by atoms with Crippen molar-refractivity contribution in [1.29, 1.82) is 0 Å². The number of nitrogens with zero attached hydrogens (tertiary/aromatic N) is 2. The van der Waals surface area contributed by atoms with Crippen LogP contribution in [0.1, 0.15) is 51.2 Å². The Balaban J connectivity index is 1.96. The van der Waals surface area contributed by atoms with Crippen molar-refractivity contribution in [3.05, 3.63) is 108 Å². The molecule has 0 heterocycles. The number of halogens is 2. The van der Waals surface area contributed by atoms with Crippen molar-refractivity contribution in [1.82, 2.24) is 15.1 Å². The third-order valence-corrected chi connectivity index (χ3v) is 8.89. The van der Waals surface area contributed by atoms with E-state index in [1.165, 1.54) is 43.0 Å². The molecule has 10 heteroatoms. The third kappa shape index (κ3) is 10.6. The predicted molar refractivity (Wildman–Crippen MR) is 185 cm³/mol. The molecule has 4 N–H and O–H groups in total. The Kier molecular flexibility index (Phi) is 14.0. The van der Waals surface area contributed by atoms with E-state index >= 15 is 0 Å². The highest BCUT2D eigenvalue weighted by Gasteiger charge is 2.35. The van der Waals surface area contributed by atoms with Crippen LogP contribution in [0.15, 0.2) is 84.9 Å². The van der Waals surface area contributed by atoms with Gasteiger partial charge in [-0.25, -0.2) is 8.78 Å². The zero-order chi connectivity index (χ0) is 35.4. The summed E-state index contributed by atoms with van der Waals surface area (Å²) in [4.78, 5) is 43.8. The Bertz CT molecular complexity index is 1540. The quantitative estimate of drug-likeness (QED) is 0.186. The molecule has 0 saturated carbocycles. The van der Waals surface area contributed by atoms with E-state index in [9.17, 15) is 28.3 Å². The maximum atomic E-state index is 14.3. The number of amides is 3. The molecule has 0 aliphatic heterocycles. The molecule has 3 rings (SSSR count). The first-order valence-electron chi connectivity index (χ1n) is 16.3. The summed E-state index contributed by atoms with van der Waals surface area (Å²) in [5, 5.41) is 12.4. The normalized spacial score (nSPS) is 13.5. The average Bonchev–Trinajstić information content (AvgIpc) is 3.09. The molecule has 48 heavy (non-hydrogen) atoms. The van der Waals surface area contributed by atoms with Crippen LogP contribution in [0.25, 0.3) is 11.1 Å². The van der Waals surface area contributed by atoms with E-state index in [4.69, 9.17) is 5.73 Å². The number of carbonyl (C=O) groups is 3. The van der Waals surface area contributed by atoms with E-state index in [1.807, 2.05) is 68.4 Å². The molecule has 3 aromatic carbocycles. The molecule has 0 bridgehead atoms. The lowest BCUT2D eigenvalue weighted by molar-refractivity contribution is -0.146. The molecule has 0 radical (unpaired) electrons. The van der Waals surface area contributed by atoms with Gasteiger partial charge in [0, 0.05) is 39.0 Å². The Labute approximate surface area is 282 Å². The summed E-state index contributed by atoms with van der Waals surface area (Å²) in [7, 11) is 2.98. The SMILES string of the molecule is CCC(N)(CC)C/C=C/C(=O)N(C)[C@H](Cc1ccc(-c2ccccc2)cc1)C(=O)N(C)[C@H](Cc1ccc(F)c(F)c1)C(=O)NC[C@@H](C)O.